The molecule has 0 saturated carbocycles. The molecule has 3 N–H and O–H groups in total. The van der Waals surface area contributed by atoms with E-state index in [0.29, 0.717) is 6.42 Å². The number of nitrogens with two attached hydrogens (primary N) is 1. The lowest BCUT2D eigenvalue weighted by Crippen LogP contribution is -2.29. The smallest absolute Gasteiger partial charge is 0.462 e. The van der Waals surface area contributed by atoms with Crippen molar-refractivity contribution >= 4 is 19.8 Å². The Morgan fingerprint density at radius 1 is 0.291 bits per heavy atom. The maximum absolute atomic E-state index is 12.8. The molecule has 0 rings (SSSR count). The van der Waals surface area contributed by atoms with Gasteiger partial charge in [0.05, 0.1) is 13.2 Å². The first kappa shape index (κ1) is 99.2. The van der Waals surface area contributed by atoms with Gasteiger partial charge < -0.3 is 20.1 Å². The molecule has 103 heavy (non-hydrogen) atoms. The number of unbranched alkanes of at least 4 members (excludes halogenated alkanes) is 47. The predicted molar refractivity (Wildman–Crippen MR) is 450 cm³/mol. The first-order chi connectivity index (χ1) is 50.8. The number of phosphoric ester groups is 1. The molecule has 0 saturated heterocycles. The third-order valence-corrected chi connectivity index (χ3v) is 20.0. The maximum Gasteiger partial charge on any atom is 0.472 e. The molecule has 0 aliphatic carbocycles. The van der Waals surface area contributed by atoms with Crippen molar-refractivity contribution in [2.45, 2.75) is 418 Å². The number of hydrogen-bond donors (Lipinski definition) is 2. The van der Waals surface area contributed by atoms with Gasteiger partial charge in [0.15, 0.2) is 6.10 Å². The first-order valence-electron chi connectivity index (χ1n) is 43.7. The number of esters is 2. The Kier molecular flexibility index (Phi) is 83.8. The summed E-state index contributed by atoms with van der Waals surface area (Å²) in [4.78, 5) is 35.5. The summed E-state index contributed by atoms with van der Waals surface area (Å²) in [7, 11) is -4.40. The number of carbonyl (C=O) groups is 2. The van der Waals surface area contributed by atoms with Gasteiger partial charge in [-0.2, -0.15) is 0 Å². The van der Waals surface area contributed by atoms with Crippen LogP contribution in [0.15, 0.2) is 134 Å². The number of phosphoric acid groups is 1. The van der Waals surface area contributed by atoms with E-state index in [1.807, 2.05) is 0 Å². The van der Waals surface area contributed by atoms with E-state index < -0.39 is 26.5 Å². The summed E-state index contributed by atoms with van der Waals surface area (Å²) >= 11 is 0. The Labute approximate surface area is 637 Å². The van der Waals surface area contributed by atoms with Crippen LogP contribution in [-0.4, -0.2) is 49.3 Å². The number of hydrogen-bond acceptors (Lipinski definition) is 8. The predicted octanol–water partition coefficient (Wildman–Crippen LogP) is 29.9. The average molecular weight is 1460 g/mol. The Balaban J connectivity index is 3.75. The number of ether oxygens (including phenoxy) is 2. The molecule has 0 aliphatic heterocycles. The zero-order valence-corrected chi connectivity index (χ0v) is 68.2. The molecule has 0 aromatic rings. The van der Waals surface area contributed by atoms with Crippen molar-refractivity contribution in [2.24, 2.45) is 5.73 Å². The van der Waals surface area contributed by atoms with Gasteiger partial charge in [-0.05, 0) is 109 Å². The number of rotatable bonds is 82. The lowest BCUT2D eigenvalue weighted by Gasteiger charge is -2.19. The molecule has 10 heteroatoms. The summed E-state index contributed by atoms with van der Waals surface area (Å²) in [5.74, 6) is -0.809. The molecule has 0 aromatic carbocycles. The van der Waals surface area contributed by atoms with Crippen LogP contribution in [0.5, 0.6) is 0 Å². The normalized spacial score (nSPS) is 13.5. The fourth-order valence-electron chi connectivity index (χ4n) is 12.7. The third-order valence-electron chi connectivity index (χ3n) is 19.0. The monoisotopic (exact) mass is 1450 g/mol. The summed E-state index contributed by atoms with van der Waals surface area (Å²) < 4.78 is 33.3. The van der Waals surface area contributed by atoms with E-state index in [2.05, 4.69) is 148 Å². The lowest BCUT2D eigenvalue weighted by molar-refractivity contribution is -0.161. The summed E-state index contributed by atoms with van der Waals surface area (Å²) in [6, 6.07) is 0. The van der Waals surface area contributed by atoms with Gasteiger partial charge in [0.2, 0.25) is 0 Å². The van der Waals surface area contributed by atoms with Gasteiger partial charge in [0, 0.05) is 19.4 Å². The standard InChI is InChI=1S/C93H164NO8P/c1-3-5-7-9-11-13-15-17-19-21-23-25-27-29-31-33-35-37-39-41-43-45-47-49-51-53-55-57-59-61-63-65-67-69-71-73-75-77-79-81-83-85-92(95)99-89-91(90-101-103(97,98)100-88-87-94)102-93(96)86-84-82-80-78-76-74-72-70-68-66-64-62-60-58-56-54-52-50-48-46-44-42-40-38-36-34-32-30-28-26-24-22-20-18-16-14-12-10-8-6-4-2/h5-8,11-14,17-20,23-26,30,32,36,38,42,44,91H,3-4,9-10,15-16,21-22,27-29,31,33-35,37,39-41,43,45-90,94H2,1-2H3,(H,97,98)/b7-5-,8-6-,13-11-,14-12-,19-17-,20-18-,25-23-,26-24-,32-30-,38-36-,44-42-. The van der Waals surface area contributed by atoms with Crippen LogP contribution in [0.2, 0.25) is 0 Å². The minimum atomic E-state index is -4.40. The zero-order chi connectivity index (χ0) is 74.3. The summed E-state index contributed by atoms with van der Waals surface area (Å²) in [5.41, 5.74) is 5.42. The summed E-state index contributed by atoms with van der Waals surface area (Å²) in [6.45, 7) is 3.57. The van der Waals surface area contributed by atoms with Crippen LogP contribution in [0.25, 0.3) is 0 Å². The van der Waals surface area contributed by atoms with Crippen LogP contribution in [0.3, 0.4) is 0 Å². The van der Waals surface area contributed by atoms with Crippen molar-refractivity contribution in [2.75, 3.05) is 26.4 Å². The highest BCUT2D eigenvalue weighted by Gasteiger charge is 2.26. The molecule has 0 aliphatic rings. The van der Waals surface area contributed by atoms with Crippen molar-refractivity contribution in [3.63, 3.8) is 0 Å². The minimum Gasteiger partial charge on any atom is -0.462 e. The largest absolute Gasteiger partial charge is 0.472 e. The van der Waals surface area contributed by atoms with Gasteiger partial charge in [-0.1, -0.05) is 424 Å². The lowest BCUT2D eigenvalue weighted by atomic mass is 10.0. The molecule has 0 amide bonds. The van der Waals surface area contributed by atoms with Crippen LogP contribution >= 0.6 is 7.82 Å². The van der Waals surface area contributed by atoms with Crippen molar-refractivity contribution in [3.8, 4) is 0 Å². The molecule has 0 aromatic heterocycles. The van der Waals surface area contributed by atoms with E-state index in [-0.39, 0.29) is 38.6 Å². The van der Waals surface area contributed by atoms with Crippen LogP contribution in [0, 0.1) is 0 Å². The molecule has 0 radical (unpaired) electrons. The second-order valence-electron chi connectivity index (χ2n) is 29.0. The number of carbonyl (C=O) groups excluding carboxylic acids is 2. The molecule has 0 heterocycles. The van der Waals surface area contributed by atoms with Gasteiger partial charge in [-0.15, -0.1) is 0 Å². The second kappa shape index (κ2) is 87.1. The van der Waals surface area contributed by atoms with Crippen molar-refractivity contribution in [3.05, 3.63) is 134 Å². The van der Waals surface area contributed by atoms with Gasteiger partial charge in [-0.3, -0.25) is 18.6 Å². The summed E-state index contributed by atoms with van der Waals surface area (Å²) in [6.07, 6.45) is 125. The van der Waals surface area contributed by atoms with Crippen molar-refractivity contribution in [1.82, 2.24) is 0 Å². The Bertz CT molecular complexity index is 2170. The van der Waals surface area contributed by atoms with E-state index in [1.54, 1.807) is 0 Å². The highest BCUT2D eigenvalue weighted by Crippen LogP contribution is 2.43. The fraction of sp³-hybridized carbons (Fsp3) is 0.742. The van der Waals surface area contributed by atoms with E-state index >= 15 is 0 Å². The van der Waals surface area contributed by atoms with E-state index in [4.69, 9.17) is 24.3 Å². The topological polar surface area (TPSA) is 134 Å². The average Bonchev–Trinajstić information content (AvgIpc) is 0.970. The Morgan fingerprint density at radius 2 is 0.505 bits per heavy atom. The van der Waals surface area contributed by atoms with Crippen molar-refractivity contribution in [1.29, 1.82) is 0 Å². The highest BCUT2D eigenvalue weighted by molar-refractivity contribution is 7.47. The highest BCUT2D eigenvalue weighted by atomic mass is 31.2. The zero-order valence-electron chi connectivity index (χ0n) is 67.3. The van der Waals surface area contributed by atoms with Gasteiger partial charge in [0.25, 0.3) is 0 Å². The quantitative estimate of drug-likeness (QED) is 0.0264. The molecule has 594 valence electrons. The molecule has 9 nitrogen and oxygen atoms in total. The Morgan fingerprint density at radius 3 is 0.748 bits per heavy atom. The van der Waals surface area contributed by atoms with Crippen LogP contribution < -0.4 is 5.73 Å². The molecular formula is C93H164NO8P. The molecule has 2 unspecified atom stereocenters. The molecular weight excluding hydrogens is 1290 g/mol. The fourth-order valence-corrected chi connectivity index (χ4v) is 13.4. The summed E-state index contributed by atoms with van der Waals surface area (Å²) in [5, 5.41) is 0. The molecule has 2 atom stereocenters. The van der Waals surface area contributed by atoms with Crippen molar-refractivity contribution < 1.29 is 37.6 Å². The number of allylic oxidation sites excluding steroid dienone is 22. The van der Waals surface area contributed by atoms with Gasteiger partial charge in [0.1, 0.15) is 6.61 Å². The Hall–Kier alpha value is -3.85. The van der Waals surface area contributed by atoms with E-state index in [1.165, 1.54) is 270 Å². The van der Waals surface area contributed by atoms with Crippen LogP contribution in [0.4, 0.5) is 0 Å². The van der Waals surface area contributed by atoms with E-state index in [9.17, 15) is 19.0 Å². The molecule has 0 spiro atoms. The second-order valence-corrected chi connectivity index (χ2v) is 30.5. The van der Waals surface area contributed by atoms with Gasteiger partial charge >= 0.3 is 19.8 Å². The first-order valence-corrected chi connectivity index (χ1v) is 45.2. The maximum atomic E-state index is 12.8. The molecule has 0 bridgehead atoms. The third kappa shape index (κ3) is 87.0. The van der Waals surface area contributed by atoms with Crippen LogP contribution in [-0.2, 0) is 32.7 Å². The SMILES string of the molecule is CC/C=C\C/C=C\C/C=C\C/C=C\C/C=C\C/C=C\C/C=C\CCCCCCCCCCCCCCCCCCCCCC(=O)OC(COC(=O)CCCCCCCCCCCCCCCCCCCCCCCCCCCCCC/C=C\C/C=C\C/C=C\C/C=C\CC)COP(=O)(O)OCCN. The van der Waals surface area contributed by atoms with Gasteiger partial charge in [-0.25, -0.2) is 4.57 Å². The minimum absolute atomic E-state index is 0.0526. The van der Waals surface area contributed by atoms with Crippen LogP contribution in [0.1, 0.15) is 412 Å². The van der Waals surface area contributed by atoms with E-state index in [0.717, 1.165) is 109 Å². The molecule has 0 fully saturated rings.